The highest BCUT2D eigenvalue weighted by Crippen LogP contribution is 2.21. The van der Waals surface area contributed by atoms with Gasteiger partial charge in [-0.25, -0.2) is 0 Å². The predicted octanol–water partition coefficient (Wildman–Crippen LogP) is 1.93. The smallest absolute Gasteiger partial charge is 0.0367 e. The van der Waals surface area contributed by atoms with E-state index in [0.29, 0.717) is 13.1 Å². The molecule has 22 heavy (non-hydrogen) atoms. The molecule has 1 aliphatic heterocycles. The first kappa shape index (κ1) is 14.9. The lowest BCUT2D eigenvalue weighted by molar-refractivity contribution is 0.653. The van der Waals surface area contributed by atoms with E-state index < -0.39 is 0 Å². The van der Waals surface area contributed by atoms with Gasteiger partial charge in [0.25, 0.3) is 0 Å². The molecule has 0 amide bonds. The van der Waals surface area contributed by atoms with Crippen molar-refractivity contribution >= 4 is 11.4 Å². The van der Waals surface area contributed by atoms with Crippen molar-refractivity contribution in [3.05, 3.63) is 59.7 Å². The van der Waals surface area contributed by atoms with Crippen molar-refractivity contribution in [1.29, 1.82) is 0 Å². The molecule has 1 saturated heterocycles. The highest BCUT2D eigenvalue weighted by Gasteiger charge is 2.17. The van der Waals surface area contributed by atoms with Crippen molar-refractivity contribution in [3.63, 3.8) is 0 Å². The van der Waals surface area contributed by atoms with Crippen LogP contribution in [-0.4, -0.2) is 26.2 Å². The van der Waals surface area contributed by atoms with Gasteiger partial charge < -0.3 is 21.3 Å². The van der Waals surface area contributed by atoms with Gasteiger partial charge in [-0.05, 0) is 35.4 Å². The highest BCUT2D eigenvalue weighted by atomic mass is 15.3. The van der Waals surface area contributed by atoms with E-state index in [0.717, 1.165) is 26.2 Å². The lowest BCUT2D eigenvalue weighted by Gasteiger charge is -2.37. The van der Waals surface area contributed by atoms with Crippen LogP contribution in [0.25, 0.3) is 0 Å². The minimum Gasteiger partial charge on any atom is -0.368 e. The second-order valence-corrected chi connectivity index (χ2v) is 5.72. The van der Waals surface area contributed by atoms with E-state index in [2.05, 4.69) is 58.3 Å². The van der Waals surface area contributed by atoms with E-state index in [4.69, 9.17) is 11.5 Å². The largest absolute Gasteiger partial charge is 0.368 e. The zero-order chi connectivity index (χ0) is 15.4. The maximum atomic E-state index is 5.65. The lowest BCUT2D eigenvalue weighted by atomic mass is 10.1. The molecule has 4 nitrogen and oxygen atoms in total. The highest BCUT2D eigenvalue weighted by molar-refractivity contribution is 5.52. The second kappa shape index (κ2) is 6.81. The molecule has 1 heterocycles. The van der Waals surface area contributed by atoms with Crippen molar-refractivity contribution < 1.29 is 0 Å². The number of hydrogen-bond donors (Lipinski definition) is 2. The van der Waals surface area contributed by atoms with Crippen molar-refractivity contribution in [1.82, 2.24) is 0 Å². The van der Waals surface area contributed by atoms with Gasteiger partial charge in [0, 0.05) is 50.6 Å². The van der Waals surface area contributed by atoms with E-state index >= 15 is 0 Å². The summed E-state index contributed by atoms with van der Waals surface area (Å²) in [4.78, 5) is 4.87. The summed E-state index contributed by atoms with van der Waals surface area (Å²) in [7, 11) is 0. The molecule has 2 aromatic rings. The van der Waals surface area contributed by atoms with Crippen molar-refractivity contribution in [2.24, 2.45) is 11.5 Å². The maximum Gasteiger partial charge on any atom is 0.0367 e. The molecular formula is C18H24N4. The van der Waals surface area contributed by atoms with Gasteiger partial charge in [-0.1, -0.05) is 24.3 Å². The Morgan fingerprint density at radius 3 is 1.18 bits per heavy atom. The van der Waals surface area contributed by atoms with Gasteiger partial charge >= 0.3 is 0 Å². The molecule has 0 aromatic heterocycles. The molecular weight excluding hydrogens is 272 g/mol. The molecule has 0 bridgehead atoms. The van der Waals surface area contributed by atoms with Crippen molar-refractivity contribution in [2.75, 3.05) is 36.0 Å². The van der Waals surface area contributed by atoms with Crippen LogP contribution in [0.15, 0.2) is 48.5 Å². The van der Waals surface area contributed by atoms with Crippen LogP contribution in [0.5, 0.6) is 0 Å². The van der Waals surface area contributed by atoms with Gasteiger partial charge in [0.05, 0.1) is 0 Å². The van der Waals surface area contributed by atoms with E-state index in [1.165, 1.54) is 22.5 Å². The Morgan fingerprint density at radius 2 is 0.909 bits per heavy atom. The molecule has 0 saturated carbocycles. The first-order valence-corrected chi connectivity index (χ1v) is 7.88. The average Bonchev–Trinajstić information content (AvgIpc) is 2.62. The van der Waals surface area contributed by atoms with Crippen LogP contribution in [0, 0.1) is 0 Å². The summed E-state index contributed by atoms with van der Waals surface area (Å²) >= 11 is 0. The molecule has 0 radical (unpaired) electrons. The quantitative estimate of drug-likeness (QED) is 0.905. The lowest BCUT2D eigenvalue weighted by Crippen LogP contribution is -2.46. The number of nitrogens with two attached hydrogens (primary N) is 2. The van der Waals surface area contributed by atoms with Gasteiger partial charge in [-0.3, -0.25) is 0 Å². The molecule has 0 unspecified atom stereocenters. The normalized spacial score (nSPS) is 15.2. The van der Waals surface area contributed by atoms with E-state index in [-0.39, 0.29) is 0 Å². The van der Waals surface area contributed by atoms with Crippen LogP contribution in [0.2, 0.25) is 0 Å². The topological polar surface area (TPSA) is 58.5 Å². The summed E-state index contributed by atoms with van der Waals surface area (Å²) in [6.45, 7) is 5.38. The molecule has 1 fully saturated rings. The molecule has 4 heteroatoms. The number of hydrogen-bond acceptors (Lipinski definition) is 4. The van der Waals surface area contributed by atoms with Crippen LogP contribution in [0.1, 0.15) is 11.1 Å². The number of benzene rings is 2. The number of piperazine rings is 1. The van der Waals surface area contributed by atoms with Gasteiger partial charge in [0.1, 0.15) is 0 Å². The molecule has 0 atom stereocenters. The maximum absolute atomic E-state index is 5.65. The van der Waals surface area contributed by atoms with Gasteiger partial charge in [-0.15, -0.1) is 0 Å². The molecule has 0 spiro atoms. The summed E-state index contributed by atoms with van der Waals surface area (Å²) < 4.78 is 0. The minimum atomic E-state index is 0.604. The molecule has 4 N–H and O–H groups in total. The summed E-state index contributed by atoms with van der Waals surface area (Å²) in [6, 6.07) is 17.2. The van der Waals surface area contributed by atoms with E-state index in [1.54, 1.807) is 0 Å². The third-order valence-corrected chi connectivity index (χ3v) is 4.35. The van der Waals surface area contributed by atoms with Crippen LogP contribution < -0.4 is 21.3 Å². The van der Waals surface area contributed by atoms with Gasteiger partial charge in [0.15, 0.2) is 0 Å². The van der Waals surface area contributed by atoms with Crippen molar-refractivity contribution in [2.45, 2.75) is 13.1 Å². The Hall–Kier alpha value is -2.04. The molecule has 1 aliphatic rings. The Morgan fingerprint density at radius 1 is 0.591 bits per heavy atom. The Bertz CT molecular complexity index is 528. The van der Waals surface area contributed by atoms with E-state index in [9.17, 15) is 0 Å². The third kappa shape index (κ3) is 3.24. The summed E-state index contributed by atoms with van der Waals surface area (Å²) in [5.41, 5.74) is 16.2. The summed E-state index contributed by atoms with van der Waals surface area (Å²) in [6.07, 6.45) is 0. The third-order valence-electron chi connectivity index (χ3n) is 4.35. The second-order valence-electron chi connectivity index (χ2n) is 5.72. The summed E-state index contributed by atoms with van der Waals surface area (Å²) in [5, 5.41) is 0. The zero-order valence-corrected chi connectivity index (χ0v) is 12.9. The predicted molar refractivity (Wildman–Crippen MR) is 93.1 cm³/mol. The Labute approximate surface area is 132 Å². The molecule has 2 aromatic carbocycles. The first-order valence-electron chi connectivity index (χ1n) is 7.88. The van der Waals surface area contributed by atoms with Crippen LogP contribution in [-0.2, 0) is 13.1 Å². The molecule has 3 rings (SSSR count). The number of anilines is 2. The number of rotatable bonds is 4. The standard InChI is InChI=1S/C18H24N4/c19-13-15-1-5-17(6-2-15)21-9-11-22(12-10-21)18-7-3-16(14-20)4-8-18/h1-8H,9-14,19-20H2. The Balaban J connectivity index is 1.61. The molecule has 0 aliphatic carbocycles. The monoisotopic (exact) mass is 296 g/mol. The zero-order valence-electron chi connectivity index (χ0n) is 12.9. The average molecular weight is 296 g/mol. The molecule has 116 valence electrons. The fourth-order valence-electron chi connectivity index (χ4n) is 2.91. The van der Waals surface area contributed by atoms with Crippen molar-refractivity contribution in [3.8, 4) is 0 Å². The Kier molecular flexibility index (Phi) is 4.61. The van der Waals surface area contributed by atoms with Gasteiger partial charge in [-0.2, -0.15) is 0 Å². The van der Waals surface area contributed by atoms with Crippen LogP contribution in [0.4, 0.5) is 11.4 Å². The van der Waals surface area contributed by atoms with Crippen LogP contribution >= 0.6 is 0 Å². The van der Waals surface area contributed by atoms with Gasteiger partial charge in [0.2, 0.25) is 0 Å². The minimum absolute atomic E-state index is 0.604. The fraction of sp³-hybridized carbons (Fsp3) is 0.333. The fourth-order valence-corrected chi connectivity index (χ4v) is 2.91. The SMILES string of the molecule is NCc1ccc(N2CCN(c3ccc(CN)cc3)CC2)cc1. The first-order chi connectivity index (χ1) is 10.8. The van der Waals surface area contributed by atoms with Crippen LogP contribution in [0.3, 0.4) is 0 Å². The summed E-state index contributed by atoms with van der Waals surface area (Å²) in [5.74, 6) is 0. The number of nitrogens with zero attached hydrogens (tertiary/aromatic N) is 2. The van der Waals surface area contributed by atoms with E-state index in [1.807, 2.05) is 0 Å².